The highest BCUT2D eigenvalue weighted by Crippen LogP contribution is 2.30. The second kappa shape index (κ2) is 8.35. The second-order valence-electron chi connectivity index (χ2n) is 7.36. The summed E-state index contributed by atoms with van der Waals surface area (Å²) in [5, 5.41) is 5.74. The van der Waals surface area contributed by atoms with Gasteiger partial charge < -0.3 is 19.9 Å². The average Bonchev–Trinajstić information content (AvgIpc) is 3.38. The van der Waals surface area contributed by atoms with Crippen molar-refractivity contribution in [1.82, 2.24) is 19.8 Å². The van der Waals surface area contributed by atoms with Crippen LogP contribution < -0.4 is 15.4 Å². The first-order valence-electron chi connectivity index (χ1n) is 9.68. The molecule has 164 valence electrons. The molecule has 32 heavy (non-hydrogen) atoms. The summed E-state index contributed by atoms with van der Waals surface area (Å²) < 4.78 is 6.87. The van der Waals surface area contributed by atoms with Crippen molar-refractivity contribution >= 4 is 35.1 Å². The van der Waals surface area contributed by atoms with E-state index < -0.39 is 29.9 Å². The quantitative estimate of drug-likeness (QED) is 0.558. The van der Waals surface area contributed by atoms with E-state index in [9.17, 15) is 14.4 Å². The number of hydrogen-bond donors (Lipinski definition) is 2. The third-order valence-corrected chi connectivity index (χ3v) is 5.56. The molecule has 9 nitrogen and oxygen atoms in total. The lowest BCUT2D eigenvalue weighted by atomic mass is 9.92. The summed E-state index contributed by atoms with van der Waals surface area (Å²) in [5.74, 6) is -0.418. The van der Waals surface area contributed by atoms with Crippen molar-refractivity contribution in [3.05, 3.63) is 71.8 Å². The number of carbonyl (C=O) groups excluding carboxylic acids is 3. The fourth-order valence-electron chi connectivity index (χ4n) is 3.50. The maximum atomic E-state index is 13.0. The van der Waals surface area contributed by atoms with E-state index in [4.69, 9.17) is 16.3 Å². The summed E-state index contributed by atoms with van der Waals surface area (Å²) in [6, 6.07) is 11.1. The van der Waals surface area contributed by atoms with Crippen LogP contribution in [0.2, 0.25) is 5.02 Å². The van der Waals surface area contributed by atoms with E-state index in [-0.39, 0.29) is 0 Å². The van der Waals surface area contributed by atoms with Crippen molar-refractivity contribution in [1.29, 1.82) is 0 Å². The third-order valence-electron chi connectivity index (χ3n) is 5.26. The molecule has 4 rings (SSSR count). The van der Waals surface area contributed by atoms with Gasteiger partial charge in [-0.15, -0.1) is 0 Å². The number of carbonyl (C=O) groups is 3. The van der Waals surface area contributed by atoms with Crippen LogP contribution in [0.25, 0.3) is 5.69 Å². The maximum absolute atomic E-state index is 13.0. The Morgan fingerprint density at radius 2 is 1.97 bits per heavy atom. The molecule has 0 radical (unpaired) electrons. The average molecular weight is 454 g/mol. The van der Waals surface area contributed by atoms with E-state index >= 15 is 0 Å². The van der Waals surface area contributed by atoms with E-state index in [0.717, 1.165) is 4.90 Å². The van der Waals surface area contributed by atoms with Crippen molar-refractivity contribution in [2.75, 3.05) is 19.0 Å². The van der Waals surface area contributed by atoms with E-state index in [2.05, 4.69) is 15.6 Å². The number of anilines is 1. The minimum absolute atomic E-state index is 0.405. The fraction of sp³-hybridized carbons (Fsp3) is 0.182. The number of aromatic nitrogens is 2. The predicted octanol–water partition coefficient (Wildman–Crippen LogP) is 2.94. The van der Waals surface area contributed by atoms with Gasteiger partial charge in [-0.05, 0) is 42.8 Å². The Morgan fingerprint density at radius 1 is 1.22 bits per heavy atom. The summed E-state index contributed by atoms with van der Waals surface area (Å²) in [5.41, 5.74) is 0.445. The van der Waals surface area contributed by atoms with Gasteiger partial charge in [0.05, 0.1) is 24.1 Å². The molecule has 0 saturated carbocycles. The van der Waals surface area contributed by atoms with Gasteiger partial charge in [-0.1, -0.05) is 23.7 Å². The maximum Gasteiger partial charge on any atom is 0.325 e. The molecule has 1 saturated heterocycles. The largest absolute Gasteiger partial charge is 0.497 e. The minimum Gasteiger partial charge on any atom is -0.497 e. The zero-order valence-electron chi connectivity index (χ0n) is 17.3. The van der Waals surface area contributed by atoms with Crippen LogP contribution >= 0.6 is 11.6 Å². The SMILES string of the molecule is COc1ccc(C2(C)NC(=O)N(CC(=O)Nc3ccc(-n4ccnc4)c(Cl)c3)C2=O)cc1. The Hall–Kier alpha value is -3.85. The summed E-state index contributed by atoms with van der Waals surface area (Å²) >= 11 is 6.31. The van der Waals surface area contributed by atoms with Gasteiger partial charge in [0.1, 0.15) is 17.8 Å². The van der Waals surface area contributed by atoms with Crippen molar-refractivity contribution in [2.24, 2.45) is 0 Å². The first-order valence-corrected chi connectivity index (χ1v) is 10.1. The summed E-state index contributed by atoms with van der Waals surface area (Å²) in [4.78, 5) is 42.9. The van der Waals surface area contributed by atoms with Gasteiger partial charge in [-0.3, -0.25) is 14.5 Å². The highest BCUT2D eigenvalue weighted by molar-refractivity contribution is 6.32. The molecule has 0 bridgehead atoms. The number of ether oxygens (including phenoxy) is 1. The van der Waals surface area contributed by atoms with Crippen molar-refractivity contribution in [2.45, 2.75) is 12.5 Å². The van der Waals surface area contributed by atoms with Crippen LogP contribution in [-0.2, 0) is 15.1 Å². The van der Waals surface area contributed by atoms with Crippen LogP contribution in [0.1, 0.15) is 12.5 Å². The van der Waals surface area contributed by atoms with Crippen LogP contribution in [0.15, 0.2) is 61.2 Å². The molecule has 2 aromatic carbocycles. The summed E-state index contributed by atoms with van der Waals surface area (Å²) in [6.45, 7) is 1.17. The first kappa shape index (κ1) is 21.4. The van der Waals surface area contributed by atoms with Crippen LogP contribution in [0, 0.1) is 0 Å². The Labute approximate surface area is 188 Å². The Kier molecular flexibility index (Phi) is 5.58. The lowest BCUT2D eigenvalue weighted by molar-refractivity contribution is -0.133. The standard InChI is InChI=1S/C22H20ClN5O4/c1-22(14-3-6-16(32-2)7-4-14)20(30)28(21(31)26-22)12-19(29)25-15-5-8-18(17(23)11-15)27-10-9-24-13-27/h3-11,13H,12H2,1-2H3,(H,25,29)(H,26,31). The molecule has 1 aromatic heterocycles. The molecule has 3 aromatic rings. The van der Waals surface area contributed by atoms with Crippen LogP contribution in [0.3, 0.4) is 0 Å². The molecule has 4 amide bonds. The van der Waals surface area contributed by atoms with Gasteiger partial charge >= 0.3 is 6.03 Å². The van der Waals surface area contributed by atoms with Gasteiger partial charge in [-0.25, -0.2) is 9.78 Å². The topological polar surface area (TPSA) is 106 Å². The van der Waals surface area contributed by atoms with Crippen LogP contribution in [-0.4, -0.2) is 46.0 Å². The number of halogens is 1. The fourth-order valence-corrected chi connectivity index (χ4v) is 3.78. The number of imidazole rings is 1. The number of benzene rings is 2. The number of rotatable bonds is 6. The van der Waals surface area contributed by atoms with Gasteiger partial charge in [0.15, 0.2) is 0 Å². The van der Waals surface area contributed by atoms with Gasteiger partial charge in [0.2, 0.25) is 5.91 Å². The highest BCUT2D eigenvalue weighted by Gasteiger charge is 2.49. The molecule has 2 N–H and O–H groups in total. The number of nitrogens with one attached hydrogen (secondary N) is 2. The molecule has 10 heteroatoms. The van der Waals surface area contributed by atoms with Crippen molar-refractivity contribution in [3.8, 4) is 11.4 Å². The number of nitrogens with zero attached hydrogens (tertiary/aromatic N) is 3. The molecule has 1 aliphatic heterocycles. The highest BCUT2D eigenvalue weighted by atomic mass is 35.5. The van der Waals surface area contributed by atoms with Gasteiger partial charge in [0, 0.05) is 18.1 Å². The predicted molar refractivity (Wildman–Crippen MR) is 118 cm³/mol. The van der Waals surface area contributed by atoms with E-state index in [1.54, 1.807) is 72.7 Å². The molecule has 2 heterocycles. The summed E-state index contributed by atoms with van der Waals surface area (Å²) in [6.07, 6.45) is 4.98. The lowest BCUT2D eigenvalue weighted by Crippen LogP contribution is -2.42. The number of hydrogen-bond acceptors (Lipinski definition) is 5. The Morgan fingerprint density at radius 3 is 2.59 bits per heavy atom. The number of amides is 4. The third kappa shape index (κ3) is 3.90. The molecular formula is C22H20ClN5O4. The van der Waals surface area contributed by atoms with Crippen molar-refractivity contribution in [3.63, 3.8) is 0 Å². The smallest absolute Gasteiger partial charge is 0.325 e. The summed E-state index contributed by atoms with van der Waals surface area (Å²) in [7, 11) is 1.54. The van der Waals surface area contributed by atoms with E-state index in [0.29, 0.717) is 27.7 Å². The molecular weight excluding hydrogens is 434 g/mol. The van der Waals surface area contributed by atoms with E-state index in [1.807, 2.05) is 0 Å². The first-order chi connectivity index (χ1) is 15.3. The zero-order valence-corrected chi connectivity index (χ0v) is 18.1. The molecule has 1 atom stereocenters. The number of methoxy groups -OCH3 is 1. The monoisotopic (exact) mass is 453 g/mol. The number of urea groups is 1. The zero-order chi connectivity index (χ0) is 22.9. The van der Waals surface area contributed by atoms with Gasteiger partial charge in [-0.2, -0.15) is 0 Å². The molecule has 0 aliphatic carbocycles. The Balaban J connectivity index is 1.45. The number of imide groups is 1. The molecule has 0 spiro atoms. The molecule has 1 unspecified atom stereocenters. The molecule has 1 fully saturated rings. The normalized spacial score (nSPS) is 17.9. The van der Waals surface area contributed by atoms with Crippen molar-refractivity contribution < 1.29 is 19.1 Å². The van der Waals surface area contributed by atoms with Gasteiger partial charge in [0.25, 0.3) is 5.91 Å². The van der Waals surface area contributed by atoms with E-state index in [1.165, 1.54) is 7.11 Å². The minimum atomic E-state index is -1.28. The second-order valence-corrected chi connectivity index (χ2v) is 7.77. The molecule has 1 aliphatic rings. The Bertz CT molecular complexity index is 1180. The van der Waals surface area contributed by atoms with Crippen LogP contribution in [0.4, 0.5) is 10.5 Å². The lowest BCUT2D eigenvalue weighted by Gasteiger charge is -2.22. The van der Waals surface area contributed by atoms with Crippen LogP contribution in [0.5, 0.6) is 5.75 Å².